The van der Waals surface area contributed by atoms with Gasteiger partial charge in [-0.2, -0.15) is 4.39 Å². The highest BCUT2D eigenvalue weighted by Crippen LogP contribution is 2.34. The van der Waals surface area contributed by atoms with Gasteiger partial charge in [0.1, 0.15) is 12.0 Å². The van der Waals surface area contributed by atoms with Crippen LogP contribution in [0.15, 0.2) is 6.33 Å². The second-order valence-electron chi connectivity index (χ2n) is 4.42. The summed E-state index contributed by atoms with van der Waals surface area (Å²) in [6, 6.07) is 0. The van der Waals surface area contributed by atoms with Crippen LogP contribution in [0, 0.1) is 11.4 Å². The van der Waals surface area contributed by atoms with Gasteiger partial charge in [-0.15, -0.1) is 0 Å². The number of nitrogen functional groups attached to an aromatic ring is 1. The summed E-state index contributed by atoms with van der Waals surface area (Å²) in [7, 11) is 0. The Morgan fingerprint density at radius 1 is 1.43 bits per heavy atom. The smallest absolute Gasteiger partial charge is 0.241 e. The fraction of sp³-hybridized carbons (Fsp3) is 0.556. The van der Waals surface area contributed by atoms with Gasteiger partial charge in [-0.25, -0.2) is 9.97 Å². The first-order valence-electron chi connectivity index (χ1n) is 4.50. The standard InChI is InChI=1S/C9H13FN4/c1-9(2)3-14(4-9)8-6(11)7(10)12-5-13-8/h5H,3-4,11H2,1-2H3. The second-order valence-corrected chi connectivity index (χ2v) is 4.42. The maximum atomic E-state index is 13.0. The zero-order valence-electron chi connectivity index (χ0n) is 8.29. The van der Waals surface area contributed by atoms with E-state index in [1.165, 1.54) is 6.33 Å². The highest BCUT2D eigenvalue weighted by molar-refractivity contribution is 5.63. The monoisotopic (exact) mass is 196 g/mol. The Morgan fingerprint density at radius 2 is 2.07 bits per heavy atom. The molecule has 4 nitrogen and oxygen atoms in total. The summed E-state index contributed by atoms with van der Waals surface area (Å²) in [5.41, 5.74) is 5.86. The Morgan fingerprint density at radius 3 is 2.64 bits per heavy atom. The van der Waals surface area contributed by atoms with Crippen LogP contribution in [0.25, 0.3) is 0 Å². The molecule has 5 heteroatoms. The Balaban J connectivity index is 2.23. The predicted molar refractivity (Wildman–Crippen MR) is 52.4 cm³/mol. The lowest BCUT2D eigenvalue weighted by atomic mass is 9.84. The van der Waals surface area contributed by atoms with Crippen molar-refractivity contribution in [3.8, 4) is 0 Å². The summed E-state index contributed by atoms with van der Waals surface area (Å²) in [6.45, 7) is 6.01. The zero-order valence-corrected chi connectivity index (χ0v) is 8.29. The fourth-order valence-electron chi connectivity index (χ4n) is 1.75. The van der Waals surface area contributed by atoms with Crippen molar-refractivity contribution in [1.82, 2.24) is 9.97 Å². The number of rotatable bonds is 1. The topological polar surface area (TPSA) is 55.0 Å². The van der Waals surface area contributed by atoms with Crippen LogP contribution in [0.4, 0.5) is 15.9 Å². The van der Waals surface area contributed by atoms with E-state index in [0.717, 1.165) is 13.1 Å². The Bertz CT molecular complexity index is 356. The molecule has 0 radical (unpaired) electrons. The van der Waals surface area contributed by atoms with Gasteiger partial charge in [-0.1, -0.05) is 13.8 Å². The molecule has 0 saturated carbocycles. The summed E-state index contributed by atoms with van der Waals surface area (Å²) < 4.78 is 13.0. The van der Waals surface area contributed by atoms with E-state index in [1.54, 1.807) is 0 Å². The number of hydrogen-bond acceptors (Lipinski definition) is 4. The number of hydrogen-bond donors (Lipinski definition) is 1. The van der Waals surface area contributed by atoms with Gasteiger partial charge >= 0.3 is 0 Å². The van der Waals surface area contributed by atoms with E-state index in [4.69, 9.17) is 5.73 Å². The van der Waals surface area contributed by atoms with E-state index in [9.17, 15) is 4.39 Å². The molecule has 76 valence electrons. The van der Waals surface area contributed by atoms with Crippen LogP contribution >= 0.6 is 0 Å². The van der Waals surface area contributed by atoms with Gasteiger partial charge in [-0.3, -0.25) is 0 Å². The molecule has 2 rings (SSSR count). The minimum absolute atomic E-state index is 0.0444. The molecule has 1 fully saturated rings. The average molecular weight is 196 g/mol. The molecule has 0 bridgehead atoms. The van der Waals surface area contributed by atoms with Gasteiger partial charge in [0, 0.05) is 13.1 Å². The van der Waals surface area contributed by atoms with Crippen LogP contribution in [0.5, 0.6) is 0 Å². The maximum absolute atomic E-state index is 13.0. The van der Waals surface area contributed by atoms with Crippen molar-refractivity contribution in [3.05, 3.63) is 12.3 Å². The number of nitrogens with two attached hydrogens (primary N) is 1. The van der Waals surface area contributed by atoms with Crippen LogP contribution in [-0.2, 0) is 0 Å². The van der Waals surface area contributed by atoms with Crippen molar-refractivity contribution >= 4 is 11.5 Å². The second kappa shape index (κ2) is 2.80. The summed E-state index contributed by atoms with van der Waals surface area (Å²) in [4.78, 5) is 9.32. The zero-order chi connectivity index (χ0) is 10.3. The molecule has 1 aromatic heterocycles. The lowest BCUT2D eigenvalue weighted by Gasteiger charge is -2.46. The van der Waals surface area contributed by atoms with Gasteiger partial charge in [0.25, 0.3) is 0 Å². The largest absolute Gasteiger partial charge is 0.392 e. The van der Waals surface area contributed by atoms with Gasteiger partial charge in [0.2, 0.25) is 5.95 Å². The molecule has 0 aliphatic carbocycles. The van der Waals surface area contributed by atoms with E-state index >= 15 is 0 Å². The minimum Gasteiger partial charge on any atom is -0.392 e. The predicted octanol–water partition coefficient (Wildman–Crippen LogP) is 1.04. The van der Waals surface area contributed by atoms with Crippen molar-refractivity contribution in [2.75, 3.05) is 23.7 Å². The lowest BCUT2D eigenvalue weighted by Crippen LogP contribution is -2.53. The fourth-order valence-corrected chi connectivity index (χ4v) is 1.75. The Kier molecular flexibility index (Phi) is 1.83. The summed E-state index contributed by atoms with van der Waals surface area (Å²) >= 11 is 0. The normalized spacial score (nSPS) is 19.2. The molecule has 0 unspecified atom stereocenters. The first kappa shape index (κ1) is 9.18. The minimum atomic E-state index is -0.639. The van der Waals surface area contributed by atoms with Crippen molar-refractivity contribution in [3.63, 3.8) is 0 Å². The van der Waals surface area contributed by atoms with E-state index in [-0.39, 0.29) is 11.1 Å². The Labute approximate surface area is 82.0 Å². The molecule has 0 amide bonds. The number of nitrogens with zero attached hydrogens (tertiary/aromatic N) is 3. The molecule has 1 aromatic rings. The highest BCUT2D eigenvalue weighted by Gasteiger charge is 2.36. The number of anilines is 2. The summed E-state index contributed by atoms with van der Waals surface area (Å²) in [5, 5.41) is 0. The molecule has 2 heterocycles. The lowest BCUT2D eigenvalue weighted by molar-refractivity contribution is 0.274. The van der Waals surface area contributed by atoms with Crippen LogP contribution in [0.3, 0.4) is 0 Å². The molecule has 1 aliphatic heterocycles. The van der Waals surface area contributed by atoms with Crippen LogP contribution < -0.4 is 10.6 Å². The third kappa shape index (κ3) is 1.38. The van der Waals surface area contributed by atoms with Crippen molar-refractivity contribution < 1.29 is 4.39 Å². The van der Waals surface area contributed by atoms with Crippen molar-refractivity contribution in [1.29, 1.82) is 0 Å². The molecule has 2 N–H and O–H groups in total. The summed E-state index contributed by atoms with van der Waals surface area (Å²) in [5.74, 6) is -0.128. The van der Waals surface area contributed by atoms with E-state index < -0.39 is 5.95 Å². The number of halogens is 1. The van der Waals surface area contributed by atoms with Gasteiger partial charge in [0.05, 0.1) is 0 Å². The third-order valence-electron chi connectivity index (χ3n) is 2.35. The molecular formula is C9H13FN4. The molecule has 1 aliphatic rings. The first-order valence-corrected chi connectivity index (χ1v) is 4.50. The number of aromatic nitrogens is 2. The van der Waals surface area contributed by atoms with Gasteiger partial charge in [-0.05, 0) is 5.41 Å². The van der Waals surface area contributed by atoms with Crippen LogP contribution in [-0.4, -0.2) is 23.1 Å². The summed E-state index contributed by atoms with van der Waals surface area (Å²) in [6.07, 6.45) is 1.20. The average Bonchev–Trinajstić information content (AvgIpc) is 2.06. The first-order chi connectivity index (χ1) is 6.49. The highest BCUT2D eigenvalue weighted by atomic mass is 19.1. The van der Waals surface area contributed by atoms with Gasteiger partial charge in [0.15, 0.2) is 5.82 Å². The SMILES string of the molecule is CC1(C)CN(c2ncnc(F)c2N)C1. The maximum Gasteiger partial charge on any atom is 0.241 e. The molecule has 14 heavy (non-hydrogen) atoms. The Hall–Kier alpha value is -1.39. The molecule has 0 atom stereocenters. The van der Waals surface area contributed by atoms with Crippen molar-refractivity contribution in [2.45, 2.75) is 13.8 Å². The van der Waals surface area contributed by atoms with Gasteiger partial charge < -0.3 is 10.6 Å². The van der Waals surface area contributed by atoms with Crippen LogP contribution in [0.2, 0.25) is 0 Å². The van der Waals surface area contributed by atoms with Crippen LogP contribution in [0.1, 0.15) is 13.8 Å². The third-order valence-corrected chi connectivity index (χ3v) is 2.35. The van der Waals surface area contributed by atoms with E-state index in [2.05, 4.69) is 23.8 Å². The van der Waals surface area contributed by atoms with Crippen molar-refractivity contribution in [2.24, 2.45) is 5.41 Å². The molecule has 0 spiro atoms. The van der Waals surface area contributed by atoms with E-state index in [0.29, 0.717) is 5.82 Å². The molecular weight excluding hydrogens is 183 g/mol. The quantitative estimate of drug-likeness (QED) is 0.682. The molecule has 0 aromatic carbocycles. The molecule has 1 saturated heterocycles. The van der Waals surface area contributed by atoms with E-state index in [1.807, 2.05) is 4.90 Å².